The Morgan fingerprint density at radius 3 is 2.67 bits per heavy atom. The molecule has 0 aromatic carbocycles. The van der Waals surface area contributed by atoms with Crippen LogP contribution in [0.15, 0.2) is 40.1 Å². The molecule has 1 aliphatic heterocycles. The van der Waals surface area contributed by atoms with Crippen molar-refractivity contribution in [3.8, 4) is 0 Å². The SMILES string of the molecule is O=C(Nc1ccc(SC(F)(F)F)nc1)c1cnc(N2CC[C@@H](O)C2)c(Br)c1. The number of carbonyl (C=O) groups excluding carboxylic acids is 1. The van der Waals surface area contributed by atoms with Gasteiger partial charge in [-0.1, -0.05) is 0 Å². The highest BCUT2D eigenvalue weighted by atomic mass is 79.9. The minimum atomic E-state index is -4.41. The normalized spacial score (nSPS) is 17.2. The number of anilines is 2. The molecule has 3 rings (SSSR count). The van der Waals surface area contributed by atoms with Crippen LogP contribution in [0.3, 0.4) is 0 Å². The number of rotatable bonds is 4. The number of hydrogen-bond acceptors (Lipinski definition) is 6. The number of alkyl halides is 3. The summed E-state index contributed by atoms with van der Waals surface area (Å²) in [7, 11) is 0. The third-order valence-electron chi connectivity index (χ3n) is 3.76. The number of nitrogens with one attached hydrogen (secondary N) is 1. The molecule has 0 spiro atoms. The number of hydrogen-bond donors (Lipinski definition) is 2. The van der Waals surface area contributed by atoms with Gasteiger partial charge in [-0.05, 0) is 40.5 Å². The summed E-state index contributed by atoms with van der Waals surface area (Å²) in [5, 5.41) is 12.0. The monoisotopic (exact) mass is 462 g/mol. The van der Waals surface area contributed by atoms with Gasteiger partial charge in [0.1, 0.15) is 10.8 Å². The Morgan fingerprint density at radius 2 is 2.11 bits per heavy atom. The predicted molar refractivity (Wildman–Crippen MR) is 98.9 cm³/mol. The second kappa shape index (κ2) is 8.03. The summed E-state index contributed by atoms with van der Waals surface area (Å²) < 4.78 is 37.5. The van der Waals surface area contributed by atoms with Crippen molar-refractivity contribution >= 4 is 45.1 Å². The van der Waals surface area contributed by atoms with Crippen LogP contribution in [0.4, 0.5) is 24.7 Å². The molecular formula is C16H14BrF3N4O2S. The van der Waals surface area contributed by atoms with Crippen LogP contribution in [-0.4, -0.2) is 45.7 Å². The van der Waals surface area contributed by atoms with E-state index in [0.29, 0.717) is 29.8 Å². The summed E-state index contributed by atoms with van der Waals surface area (Å²) >= 11 is 3.06. The maximum atomic E-state index is 12.3. The Bertz CT molecular complexity index is 835. The topological polar surface area (TPSA) is 78.4 Å². The molecule has 11 heteroatoms. The van der Waals surface area contributed by atoms with Crippen LogP contribution in [-0.2, 0) is 0 Å². The molecule has 0 bridgehead atoms. The number of aliphatic hydroxyl groups is 1. The summed E-state index contributed by atoms with van der Waals surface area (Å²) in [6.45, 7) is 1.15. The molecule has 2 aromatic heterocycles. The van der Waals surface area contributed by atoms with Gasteiger partial charge in [0, 0.05) is 31.0 Å². The lowest BCUT2D eigenvalue weighted by molar-refractivity contribution is -0.0329. The summed E-state index contributed by atoms with van der Waals surface area (Å²) in [6.07, 6.45) is 2.83. The largest absolute Gasteiger partial charge is 0.447 e. The Morgan fingerprint density at radius 1 is 1.33 bits per heavy atom. The lowest BCUT2D eigenvalue weighted by atomic mass is 10.2. The van der Waals surface area contributed by atoms with E-state index in [1.54, 1.807) is 6.07 Å². The summed E-state index contributed by atoms with van der Waals surface area (Å²) in [4.78, 5) is 22.2. The Labute approximate surface area is 165 Å². The number of pyridine rings is 2. The first-order valence-electron chi connectivity index (χ1n) is 7.83. The molecule has 1 saturated heterocycles. The summed E-state index contributed by atoms with van der Waals surface area (Å²) in [5.41, 5.74) is -3.86. The Kier molecular flexibility index (Phi) is 5.92. The van der Waals surface area contributed by atoms with Crippen molar-refractivity contribution in [3.05, 3.63) is 40.6 Å². The fourth-order valence-corrected chi connectivity index (χ4v) is 3.64. The summed E-state index contributed by atoms with van der Waals surface area (Å²) in [5.74, 6) is 0.174. The van der Waals surface area contributed by atoms with E-state index < -0.39 is 17.5 Å². The number of aliphatic hydroxyl groups excluding tert-OH is 1. The molecule has 3 heterocycles. The van der Waals surface area contributed by atoms with Crippen LogP contribution in [0.1, 0.15) is 16.8 Å². The molecule has 0 unspecified atom stereocenters. The van der Waals surface area contributed by atoms with E-state index in [9.17, 15) is 23.1 Å². The van der Waals surface area contributed by atoms with Crippen molar-refractivity contribution in [1.82, 2.24) is 9.97 Å². The Hall–Kier alpha value is -1.85. The van der Waals surface area contributed by atoms with Gasteiger partial charge in [-0.2, -0.15) is 13.2 Å². The van der Waals surface area contributed by atoms with Crippen LogP contribution in [0, 0.1) is 0 Å². The van der Waals surface area contributed by atoms with E-state index in [0.717, 1.165) is 6.20 Å². The first-order valence-corrected chi connectivity index (χ1v) is 9.44. The minimum Gasteiger partial charge on any atom is -0.391 e. The molecular weight excluding hydrogens is 449 g/mol. The fourth-order valence-electron chi connectivity index (χ4n) is 2.56. The lowest BCUT2D eigenvalue weighted by Gasteiger charge is -2.18. The van der Waals surface area contributed by atoms with E-state index in [1.807, 2.05) is 4.90 Å². The molecule has 0 radical (unpaired) electrons. The molecule has 2 N–H and O–H groups in total. The zero-order valence-electron chi connectivity index (χ0n) is 13.7. The van der Waals surface area contributed by atoms with Gasteiger partial charge in [0.05, 0.1) is 28.0 Å². The molecule has 1 atom stereocenters. The van der Waals surface area contributed by atoms with E-state index in [4.69, 9.17) is 0 Å². The highest BCUT2D eigenvalue weighted by Crippen LogP contribution is 2.35. The molecule has 0 aliphatic carbocycles. The standard InChI is InChI=1S/C16H14BrF3N4O2S/c17-12-5-9(6-22-14(12)24-4-3-11(25)8-24)15(26)23-10-1-2-13(21-7-10)27-16(18,19)20/h1-2,5-7,11,25H,3-4,8H2,(H,23,26)/t11-/m1/s1. The van der Waals surface area contributed by atoms with Crippen molar-refractivity contribution in [2.24, 2.45) is 0 Å². The zero-order chi connectivity index (χ0) is 19.6. The smallest absolute Gasteiger partial charge is 0.391 e. The predicted octanol–water partition coefficient (Wildman–Crippen LogP) is 3.67. The fraction of sp³-hybridized carbons (Fsp3) is 0.312. The van der Waals surface area contributed by atoms with Gasteiger partial charge in [-0.3, -0.25) is 4.79 Å². The zero-order valence-corrected chi connectivity index (χ0v) is 16.1. The van der Waals surface area contributed by atoms with Gasteiger partial charge in [0.15, 0.2) is 0 Å². The van der Waals surface area contributed by atoms with E-state index in [-0.39, 0.29) is 28.0 Å². The molecule has 1 aliphatic rings. The quantitative estimate of drug-likeness (QED) is 0.674. The molecule has 0 saturated carbocycles. The van der Waals surface area contributed by atoms with Crippen molar-refractivity contribution < 1.29 is 23.1 Å². The number of carbonyl (C=O) groups is 1. The van der Waals surface area contributed by atoms with E-state index in [1.165, 1.54) is 18.3 Å². The third-order valence-corrected chi connectivity index (χ3v) is 5.03. The number of β-amino-alcohol motifs (C(OH)–C–C–N with tert-alkyl or cyclic N) is 1. The Balaban J connectivity index is 1.66. The molecule has 144 valence electrons. The summed E-state index contributed by atoms with van der Waals surface area (Å²) in [6, 6.07) is 4.13. The van der Waals surface area contributed by atoms with Gasteiger partial charge >= 0.3 is 5.51 Å². The number of nitrogens with zero attached hydrogens (tertiary/aromatic N) is 3. The molecule has 2 aromatic rings. The maximum Gasteiger partial charge on any atom is 0.447 e. The number of amides is 1. The van der Waals surface area contributed by atoms with Gasteiger partial charge in [-0.15, -0.1) is 0 Å². The highest BCUT2D eigenvalue weighted by molar-refractivity contribution is 9.10. The van der Waals surface area contributed by atoms with Crippen LogP contribution in [0.25, 0.3) is 0 Å². The average molecular weight is 463 g/mol. The molecule has 1 fully saturated rings. The van der Waals surface area contributed by atoms with E-state index >= 15 is 0 Å². The first kappa shape index (κ1) is 19.9. The first-order chi connectivity index (χ1) is 12.7. The maximum absolute atomic E-state index is 12.3. The lowest BCUT2D eigenvalue weighted by Crippen LogP contribution is -2.23. The van der Waals surface area contributed by atoms with Gasteiger partial charge in [0.2, 0.25) is 0 Å². The third kappa shape index (κ3) is 5.33. The van der Waals surface area contributed by atoms with Crippen LogP contribution in [0.5, 0.6) is 0 Å². The van der Waals surface area contributed by atoms with Crippen LogP contribution < -0.4 is 10.2 Å². The number of halogens is 4. The average Bonchev–Trinajstić information content (AvgIpc) is 3.01. The minimum absolute atomic E-state index is 0.206. The van der Waals surface area contributed by atoms with Crippen LogP contribution in [0.2, 0.25) is 0 Å². The van der Waals surface area contributed by atoms with E-state index in [2.05, 4.69) is 31.2 Å². The number of aromatic nitrogens is 2. The molecule has 27 heavy (non-hydrogen) atoms. The van der Waals surface area contributed by atoms with Crippen molar-refractivity contribution in [2.45, 2.75) is 23.1 Å². The van der Waals surface area contributed by atoms with Crippen molar-refractivity contribution in [1.29, 1.82) is 0 Å². The van der Waals surface area contributed by atoms with Crippen LogP contribution >= 0.6 is 27.7 Å². The van der Waals surface area contributed by atoms with Gasteiger partial charge in [-0.25, -0.2) is 9.97 Å². The van der Waals surface area contributed by atoms with Crippen molar-refractivity contribution in [3.63, 3.8) is 0 Å². The van der Waals surface area contributed by atoms with Gasteiger partial charge in [0.25, 0.3) is 5.91 Å². The van der Waals surface area contributed by atoms with Crippen molar-refractivity contribution in [2.75, 3.05) is 23.3 Å². The van der Waals surface area contributed by atoms with Gasteiger partial charge < -0.3 is 15.3 Å². The highest BCUT2D eigenvalue weighted by Gasteiger charge is 2.30. The second-order valence-electron chi connectivity index (χ2n) is 5.80. The molecule has 6 nitrogen and oxygen atoms in total. The molecule has 1 amide bonds. The second-order valence-corrected chi connectivity index (χ2v) is 7.74. The number of thioether (sulfide) groups is 1.